The van der Waals surface area contributed by atoms with E-state index in [9.17, 15) is 0 Å². The maximum absolute atomic E-state index is 2.29. The molecule has 0 aliphatic heterocycles. The standard InChI is InChI=1S/C8H9/c1-3-7(4-1)8-5-2-6-8/h1-3,5,7H,4,6H2. The van der Waals surface area contributed by atoms with Gasteiger partial charge < -0.3 is 0 Å². The van der Waals surface area contributed by atoms with E-state index >= 15 is 0 Å². The molecule has 0 heteroatoms. The van der Waals surface area contributed by atoms with E-state index < -0.39 is 0 Å². The fraction of sp³-hybridized carbons (Fsp3) is 0.375. The van der Waals surface area contributed by atoms with Gasteiger partial charge in [0.15, 0.2) is 0 Å². The van der Waals surface area contributed by atoms with Crippen LogP contribution in [0.2, 0.25) is 0 Å². The van der Waals surface area contributed by atoms with Crippen LogP contribution in [-0.2, 0) is 0 Å². The molecule has 1 radical (unpaired) electrons. The van der Waals surface area contributed by atoms with Gasteiger partial charge in [0, 0.05) is 5.92 Å². The minimum atomic E-state index is 0.833. The first-order valence-electron chi connectivity index (χ1n) is 3.16. The van der Waals surface area contributed by atoms with Crippen LogP contribution in [0.5, 0.6) is 0 Å². The van der Waals surface area contributed by atoms with Crippen molar-refractivity contribution in [3.05, 3.63) is 30.2 Å². The molecule has 0 fully saturated rings. The summed E-state index contributed by atoms with van der Waals surface area (Å²) in [6, 6.07) is 0. The molecule has 0 aromatic heterocycles. The molecular formula is C8H9. The van der Waals surface area contributed by atoms with Crippen LogP contribution in [0.25, 0.3) is 0 Å². The topological polar surface area (TPSA) is 0 Å². The maximum atomic E-state index is 2.29. The van der Waals surface area contributed by atoms with Crippen LogP contribution in [0.4, 0.5) is 0 Å². The van der Waals surface area contributed by atoms with E-state index in [2.05, 4.69) is 24.3 Å². The van der Waals surface area contributed by atoms with Crippen LogP contribution in [0.3, 0.4) is 0 Å². The maximum Gasteiger partial charge on any atom is 0.00814 e. The van der Waals surface area contributed by atoms with E-state index in [1.54, 1.807) is 5.92 Å². The molecule has 0 nitrogen and oxygen atoms in total. The molecular weight excluding hydrogens is 96.1 g/mol. The number of hydrogen-bond acceptors (Lipinski definition) is 0. The van der Waals surface area contributed by atoms with Crippen molar-refractivity contribution in [3.63, 3.8) is 0 Å². The highest BCUT2D eigenvalue weighted by Gasteiger charge is 2.23. The first-order valence-corrected chi connectivity index (χ1v) is 3.16. The highest BCUT2D eigenvalue weighted by molar-refractivity contribution is 5.32. The summed E-state index contributed by atoms with van der Waals surface area (Å²) in [7, 11) is 0. The molecule has 0 N–H and O–H groups in total. The lowest BCUT2D eigenvalue weighted by Crippen LogP contribution is -2.16. The molecule has 0 aromatic rings. The van der Waals surface area contributed by atoms with Gasteiger partial charge in [-0.15, -0.1) is 0 Å². The summed E-state index contributed by atoms with van der Waals surface area (Å²) in [5.74, 6) is 2.47. The third-order valence-electron chi connectivity index (χ3n) is 1.92. The van der Waals surface area contributed by atoms with Gasteiger partial charge in [-0.1, -0.05) is 24.3 Å². The molecule has 41 valence electrons. The summed E-state index contributed by atoms with van der Waals surface area (Å²) in [6.07, 6.45) is 11.5. The molecule has 0 saturated heterocycles. The second-order valence-corrected chi connectivity index (χ2v) is 2.45. The predicted octanol–water partition coefficient (Wildman–Crippen LogP) is 2.10. The fourth-order valence-electron chi connectivity index (χ4n) is 1.08. The molecule has 0 spiro atoms. The molecule has 1 atom stereocenters. The van der Waals surface area contributed by atoms with Crippen LogP contribution < -0.4 is 0 Å². The van der Waals surface area contributed by atoms with Gasteiger partial charge >= 0.3 is 0 Å². The lowest BCUT2D eigenvalue weighted by molar-refractivity contribution is 0.614. The van der Waals surface area contributed by atoms with Crippen LogP contribution >= 0.6 is 0 Å². The van der Waals surface area contributed by atoms with Gasteiger partial charge in [-0.25, -0.2) is 0 Å². The van der Waals surface area contributed by atoms with E-state index in [-0.39, 0.29) is 0 Å². The number of rotatable bonds is 1. The highest BCUT2D eigenvalue weighted by atomic mass is 14.3. The summed E-state index contributed by atoms with van der Waals surface area (Å²) in [5.41, 5.74) is 0. The van der Waals surface area contributed by atoms with E-state index in [1.165, 1.54) is 12.8 Å². The Kier molecular flexibility index (Phi) is 0.806. The Labute approximate surface area is 49.9 Å². The van der Waals surface area contributed by atoms with Crippen molar-refractivity contribution >= 4 is 0 Å². The lowest BCUT2D eigenvalue weighted by Gasteiger charge is -2.28. The molecule has 0 aromatic carbocycles. The number of allylic oxidation sites excluding steroid dienone is 4. The molecule has 2 aliphatic rings. The number of hydrogen-bond donors (Lipinski definition) is 0. The average Bonchev–Trinajstić information content (AvgIpc) is 1.47. The molecule has 0 amide bonds. The third kappa shape index (κ3) is 0.459. The smallest absolute Gasteiger partial charge is 0.00814 e. The Morgan fingerprint density at radius 1 is 1.38 bits per heavy atom. The normalized spacial score (nSPS) is 34.2. The predicted molar refractivity (Wildman–Crippen MR) is 34.2 cm³/mol. The van der Waals surface area contributed by atoms with Crippen LogP contribution in [0.1, 0.15) is 12.8 Å². The fourth-order valence-corrected chi connectivity index (χ4v) is 1.08. The van der Waals surface area contributed by atoms with E-state index in [0.717, 1.165) is 5.92 Å². The third-order valence-corrected chi connectivity index (χ3v) is 1.92. The van der Waals surface area contributed by atoms with Crippen LogP contribution in [0.15, 0.2) is 24.3 Å². The Balaban J connectivity index is 1.98. The van der Waals surface area contributed by atoms with Crippen LogP contribution in [-0.4, -0.2) is 0 Å². The van der Waals surface area contributed by atoms with Crippen molar-refractivity contribution in [3.8, 4) is 0 Å². The monoisotopic (exact) mass is 105 g/mol. The van der Waals surface area contributed by atoms with Gasteiger partial charge in [0.05, 0.1) is 0 Å². The van der Waals surface area contributed by atoms with Gasteiger partial charge in [0.25, 0.3) is 0 Å². The first kappa shape index (κ1) is 4.37. The van der Waals surface area contributed by atoms with E-state index in [1.807, 2.05) is 0 Å². The minimum Gasteiger partial charge on any atom is -0.0876 e. The molecule has 0 heterocycles. The Morgan fingerprint density at radius 3 is 2.25 bits per heavy atom. The summed E-state index contributed by atoms with van der Waals surface area (Å²) in [6.45, 7) is 0. The second kappa shape index (κ2) is 1.48. The highest BCUT2D eigenvalue weighted by Crippen LogP contribution is 2.35. The van der Waals surface area contributed by atoms with Crippen molar-refractivity contribution in [2.24, 2.45) is 5.92 Å². The van der Waals surface area contributed by atoms with Crippen molar-refractivity contribution < 1.29 is 0 Å². The molecule has 2 aliphatic carbocycles. The summed E-state index contributed by atoms with van der Waals surface area (Å²) < 4.78 is 0. The van der Waals surface area contributed by atoms with E-state index in [0.29, 0.717) is 0 Å². The molecule has 8 heavy (non-hydrogen) atoms. The molecule has 0 bridgehead atoms. The SMILES string of the molecule is C1=C[C](C2C=CC2)C1. The van der Waals surface area contributed by atoms with Gasteiger partial charge in [-0.05, 0) is 18.8 Å². The zero-order valence-corrected chi connectivity index (χ0v) is 4.80. The molecule has 2 rings (SSSR count). The Morgan fingerprint density at radius 2 is 2.12 bits per heavy atom. The Hall–Kier alpha value is -0.520. The zero-order chi connectivity index (χ0) is 5.40. The minimum absolute atomic E-state index is 0.833. The zero-order valence-electron chi connectivity index (χ0n) is 4.80. The summed E-state index contributed by atoms with van der Waals surface area (Å²) in [5, 5.41) is 0. The molecule has 1 unspecified atom stereocenters. The van der Waals surface area contributed by atoms with Gasteiger partial charge in [0.1, 0.15) is 0 Å². The van der Waals surface area contributed by atoms with E-state index in [4.69, 9.17) is 0 Å². The van der Waals surface area contributed by atoms with Crippen molar-refractivity contribution in [1.29, 1.82) is 0 Å². The lowest BCUT2D eigenvalue weighted by atomic mass is 9.76. The second-order valence-electron chi connectivity index (χ2n) is 2.45. The Bertz CT molecular complexity index is 124. The van der Waals surface area contributed by atoms with Gasteiger partial charge in [-0.2, -0.15) is 0 Å². The largest absolute Gasteiger partial charge is 0.0876 e. The van der Waals surface area contributed by atoms with Crippen molar-refractivity contribution in [2.75, 3.05) is 0 Å². The van der Waals surface area contributed by atoms with Crippen molar-refractivity contribution in [2.45, 2.75) is 12.8 Å². The van der Waals surface area contributed by atoms with Gasteiger partial charge in [0.2, 0.25) is 0 Å². The summed E-state index contributed by atoms with van der Waals surface area (Å²) >= 11 is 0. The molecule has 0 saturated carbocycles. The van der Waals surface area contributed by atoms with Crippen LogP contribution in [0, 0.1) is 11.8 Å². The quantitative estimate of drug-likeness (QED) is 0.448. The summed E-state index contributed by atoms with van der Waals surface area (Å²) in [4.78, 5) is 0. The van der Waals surface area contributed by atoms with Crippen molar-refractivity contribution in [1.82, 2.24) is 0 Å². The van der Waals surface area contributed by atoms with Gasteiger partial charge in [-0.3, -0.25) is 0 Å². The first-order chi connectivity index (χ1) is 3.97. The average molecular weight is 105 g/mol.